The van der Waals surface area contributed by atoms with Crippen molar-refractivity contribution in [3.05, 3.63) is 34.9 Å². The van der Waals surface area contributed by atoms with Gasteiger partial charge in [-0.3, -0.25) is 4.79 Å². The van der Waals surface area contributed by atoms with Gasteiger partial charge in [-0.15, -0.1) is 0 Å². The van der Waals surface area contributed by atoms with Crippen LogP contribution in [-0.2, 0) is 22.6 Å². The van der Waals surface area contributed by atoms with Crippen LogP contribution in [0.2, 0.25) is 0 Å². The summed E-state index contributed by atoms with van der Waals surface area (Å²) < 4.78 is 5.13. The van der Waals surface area contributed by atoms with Crippen molar-refractivity contribution >= 4 is 11.9 Å². The van der Waals surface area contributed by atoms with Gasteiger partial charge in [-0.25, -0.2) is 4.79 Å². The lowest BCUT2D eigenvalue weighted by Gasteiger charge is -2.31. The first-order valence-electron chi connectivity index (χ1n) is 6.61. The number of carbonyl (C=O) groups is 2. The van der Waals surface area contributed by atoms with E-state index in [0.717, 1.165) is 18.7 Å². The maximum absolute atomic E-state index is 12.4. The third-order valence-electron chi connectivity index (χ3n) is 3.71. The molecule has 0 saturated carbocycles. The maximum Gasteiger partial charge on any atom is 0.334 e. The van der Waals surface area contributed by atoms with E-state index in [4.69, 9.17) is 9.84 Å². The number of morpholine rings is 1. The van der Waals surface area contributed by atoms with Crippen molar-refractivity contribution in [3.8, 4) is 0 Å². The van der Waals surface area contributed by atoms with E-state index in [2.05, 4.69) is 5.32 Å². The molecule has 0 aliphatic carbocycles. The van der Waals surface area contributed by atoms with Crippen LogP contribution < -0.4 is 5.32 Å². The highest BCUT2D eigenvalue weighted by Crippen LogP contribution is 2.19. The zero-order chi connectivity index (χ0) is 14.1. The molecule has 1 fully saturated rings. The van der Waals surface area contributed by atoms with Crippen LogP contribution in [0.5, 0.6) is 0 Å². The number of ether oxygens (including phenoxy) is 1. The number of carbonyl (C=O) groups excluding carboxylic acids is 1. The molecule has 1 aromatic carbocycles. The largest absolute Gasteiger partial charge is 0.479 e. The number of hydrogen-bond acceptors (Lipinski definition) is 4. The molecule has 3 rings (SSSR count). The fraction of sp³-hybridized carbons (Fsp3) is 0.429. The van der Waals surface area contributed by atoms with Crippen LogP contribution in [0.25, 0.3) is 0 Å². The fourth-order valence-corrected chi connectivity index (χ4v) is 2.59. The number of amides is 1. The van der Waals surface area contributed by atoms with Gasteiger partial charge in [0.15, 0.2) is 6.10 Å². The molecule has 0 bridgehead atoms. The third-order valence-corrected chi connectivity index (χ3v) is 3.71. The number of benzene rings is 1. The normalized spacial score (nSPS) is 21.6. The summed E-state index contributed by atoms with van der Waals surface area (Å²) in [5, 5.41) is 12.2. The summed E-state index contributed by atoms with van der Waals surface area (Å²) in [6, 6.07) is 5.65. The van der Waals surface area contributed by atoms with Crippen molar-refractivity contribution < 1.29 is 19.4 Å². The number of aliphatic carboxylic acids is 1. The molecule has 2 aliphatic heterocycles. The molecule has 6 nitrogen and oxygen atoms in total. The van der Waals surface area contributed by atoms with Crippen LogP contribution in [0.15, 0.2) is 18.2 Å². The summed E-state index contributed by atoms with van der Waals surface area (Å²) in [4.78, 5) is 24.9. The standard InChI is InChI=1S/C14H16N2O4/c17-13(16-3-4-20-12(8-16)14(18)19)9-1-2-10-6-15-7-11(10)5-9/h1-2,5,12,15H,3-4,6-8H2,(H,18,19). The molecule has 1 amide bonds. The zero-order valence-electron chi connectivity index (χ0n) is 11.0. The van der Waals surface area contributed by atoms with Crippen LogP contribution in [0.1, 0.15) is 21.5 Å². The van der Waals surface area contributed by atoms with Gasteiger partial charge in [-0.2, -0.15) is 0 Å². The highest BCUT2D eigenvalue weighted by atomic mass is 16.5. The number of fused-ring (bicyclic) bond motifs is 1. The first kappa shape index (κ1) is 13.1. The van der Waals surface area contributed by atoms with E-state index < -0.39 is 12.1 Å². The lowest BCUT2D eigenvalue weighted by atomic mass is 10.1. The minimum atomic E-state index is -1.03. The number of rotatable bonds is 2. The van der Waals surface area contributed by atoms with Gasteiger partial charge in [-0.05, 0) is 23.3 Å². The molecule has 1 atom stereocenters. The van der Waals surface area contributed by atoms with Gasteiger partial charge < -0.3 is 20.1 Å². The number of carboxylic acids is 1. The Morgan fingerprint density at radius 3 is 2.90 bits per heavy atom. The van der Waals surface area contributed by atoms with E-state index in [0.29, 0.717) is 12.1 Å². The predicted octanol–water partition coefficient (Wildman–Crippen LogP) is 0.215. The maximum atomic E-state index is 12.4. The molecule has 0 spiro atoms. The summed E-state index contributed by atoms with van der Waals surface area (Å²) in [6.07, 6.45) is -0.927. The van der Waals surface area contributed by atoms with Gasteiger partial charge in [0.1, 0.15) is 0 Å². The molecular formula is C14H16N2O4. The summed E-state index contributed by atoms with van der Waals surface area (Å²) in [5.74, 6) is -1.16. The molecule has 2 aliphatic rings. The molecule has 1 saturated heterocycles. The molecule has 1 unspecified atom stereocenters. The van der Waals surface area contributed by atoms with E-state index >= 15 is 0 Å². The van der Waals surface area contributed by atoms with Crippen molar-refractivity contribution in [2.45, 2.75) is 19.2 Å². The molecular weight excluding hydrogens is 260 g/mol. The van der Waals surface area contributed by atoms with E-state index in [1.807, 2.05) is 12.1 Å². The van der Waals surface area contributed by atoms with E-state index in [1.54, 1.807) is 11.0 Å². The summed E-state index contributed by atoms with van der Waals surface area (Å²) >= 11 is 0. The van der Waals surface area contributed by atoms with Crippen molar-refractivity contribution in [2.75, 3.05) is 19.7 Å². The first-order chi connectivity index (χ1) is 9.65. The summed E-state index contributed by atoms with van der Waals surface area (Å²) in [5.41, 5.74) is 2.96. The fourth-order valence-electron chi connectivity index (χ4n) is 2.59. The van der Waals surface area contributed by atoms with Gasteiger partial charge in [0, 0.05) is 25.2 Å². The van der Waals surface area contributed by atoms with Crippen LogP contribution in [-0.4, -0.2) is 47.7 Å². The molecule has 0 radical (unpaired) electrons. The van der Waals surface area contributed by atoms with Crippen molar-refractivity contribution in [1.29, 1.82) is 0 Å². The number of nitrogens with one attached hydrogen (secondary N) is 1. The minimum Gasteiger partial charge on any atom is -0.479 e. The molecule has 2 N–H and O–H groups in total. The van der Waals surface area contributed by atoms with Gasteiger partial charge in [0.25, 0.3) is 5.91 Å². The molecule has 2 heterocycles. The van der Waals surface area contributed by atoms with Gasteiger partial charge in [0.05, 0.1) is 13.2 Å². The Labute approximate surface area is 116 Å². The Kier molecular flexibility index (Phi) is 3.42. The lowest BCUT2D eigenvalue weighted by molar-refractivity contribution is -0.154. The zero-order valence-corrected chi connectivity index (χ0v) is 11.0. The Hall–Kier alpha value is -1.92. The van der Waals surface area contributed by atoms with Crippen molar-refractivity contribution in [1.82, 2.24) is 10.2 Å². The monoisotopic (exact) mass is 276 g/mol. The van der Waals surface area contributed by atoms with E-state index in [1.165, 1.54) is 5.56 Å². The SMILES string of the molecule is O=C(O)C1CN(C(=O)c2ccc3c(c2)CNC3)CCO1. The smallest absolute Gasteiger partial charge is 0.334 e. The van der Waals surface area contributed by atoms with E-state index in [9.17, 15) is 9.59 Å². The molecule has 20 heavy (non-hydrogen) atoms. The highest BCUT2D eigenvalue weighted by molar-refractivity contribution is 5.95. The summed E-state index contributed by atoms with van der Waals surface area (Å²) in [6.45, 7) is 2.40. The molecule has 106 valence electrons. The predicted molar refractivity (Wildman–Crippen MR) is 70.3 cm³/mol. The average molecular weight is 276 g/mol. The Morgan fingerprint density at radius 1 is 1.30 bits per heavy atom. The highest BCUT2D eigenvalue weighted by Gasteiger charge is 2.29. The van der Waals surface area contributed by atoms with Crippen LogP contribution >= 0.6 is 0 Å². The Bertz CT molecular complexity index is 558. The van der Waals surface area contributed by atoms with Crippen LogP contribution in [0.3, 0.4) is 0 Å². The average Bonchev–Trinajstić information content (AvgIpc) is 2.94. The lowest BCUT2D eigenvalue weighted by Crippen LogP contribution is -2.48. The molecule has 6 heteroatoms. The van der Waals surface area contributed by atoms with Crippen molar-refractivity contribution in [3.63, 3.8) is 0 Å². The number of hydrogen-bond donors (Lipinski definition) is 2. The van der Waals surface area contributed by atoms with Crippen molar-refractivity contribution in [2.24, 2.45) is 0 Å². The molecule has 0 aromatic heterocycles. The first-order valence-corrected chi connectivity index (χ1v) is 6.61. The van der Waals surface area contributed by atoms with E-state index in [-0.39, 0.29) is 19.1 Å². The van der Waals surface area contributed by atoms with Crippen LogP contribution in [0, 0.1) is 0 Å². The van der Waals surface area contributed by atoms with Gasteiger partial charge in [0.2, 0.25) is 0 Å². The molecule has 1 aromatic rings. The second kappa shape index (κ2) is 5.22. The summed E-state index contributed by atoms with van der Waals surface area (Å²) in [7, 11) is 0. The minimum absolute atomic E-state index is 0.101. The second-order valence-corrected chi connectivity index (χ2v) is 5.04. The number of carboxylic acid groups (broad SMARTS) is 1. The van der Waals surface area contributed by atoms with Crippen LogP contribution in [0.4, 0.5) is 0 Å². The Balaban J connectivity index is 1.76. The third kappa shape index (κ3) is 2.39. The Morgan fingerprint density at radius 2 is 2.10 bits per heavy atom. The quantitative estimate of drug-likeness (QED) is 0.807. The number of nitrogens with zero attached hydrogens (tertiary/aromatic N) is 1. The topological polar surface area (TPSA) is 78.9 Å². The second-order valence-electron chi connectivity index (χ2n) is 5.04. The van der Waals surface area contributed by atoms with Gasteiger partial charge in [-0.1, -0.05) is 6.07 Å². The van der Waals surface area contributed by atoms with Gasteiger partial charge >= 0.3 is 5.97 Å².